The Morgan fingerprint density at radius 3 is 2.94 bits per heavy atom. The number of piperidine rings is 1. The summed E-state index contributed by atoms with van der Waals surface area (Å²) in [6.07, 6.45) is 1.65. The van der Waals surface area contributed by atoms with Gasteiger partial charge in [-0.2, -0.15) is 0 Å². The molecular formula is C13H18FNO. The molecule has 16 heavy (non-hydrogen) atoms. The van der Waals surface area contributed by atoms with E-state index in [4.69, 9.17) is 0 Å². The lowest BCUT2D eigenvalue weighted by Crippen LogP contribution is -2.33. The Morgan fingerprint density at radius 2 is 2.31 bits per heavy atom. The quantitative estimate of drug-likeness (QED) is 0.805. The first-order chi connectivity index (χ1) is 7.68. The second kappa shape index (κ2) is 4.93. The lowest BCUT2D eigenvalue weighted by atomic mass is 9.89. The van der Waals surface area contributed by atoms with E-state index in [1.165, 1.54) is 6.07 Å². The van der Waals surface area contributed by atoms with Crippen molar-refractivity contribution in [2.24, 2.45) is 5.92 Å². The number of aryl methyl sites for hydroxylation is 1. The molecule has 2 N–H and O–H groups in total. The summed E-state index contributed by atoms with van der Waals surface area (Å²) in [6.45, 7) is 3.61. The van der Waals surface area contributed by atoms with Crippen LogP contribution in [0, 0.1) is 18.7 Å². The molecule has 3 heteroatoms. The van der Waals surface area contributed by atoms with Crippen LogP contribution in [0.5, 0.6) is 0 Å². The molecule has 88 valence electrons. The minimum Gasteiger partial charge on any atom is -0.388 e. The van der Waals surface area contributed by atoms with Crippen molar-refractivity contribution in [3.63, 3.8) is 0 Å². The van der Waals surface area contributed by atoms with E-state index in [1.807, 2.05) is 0 Å². The molecule has 1 aromatic rings. The molecule has 0 saturated carbocycles. The van der Waals surface area contributed by atoms with Crippen LogP contribution in [0.4, 0.5) is 4.39 Å². The van der Waals surface area contributed by atoms with Crippen molar-refractivity contribution in [3.05, 3.63) is 35.1 Å². The first kappa shape index (κ1) is 11.6. The lowest BCUT2D eigenvalue weighted by Gasteiger charge is -2.27. The highest BCUT2D eigenvalue weighted by Gasteiger charge is 2.23. The fraction of sp³-hybridized carbons (Fsp3) is 0.538. The molecule has 0 radical (unpaired) electrons. The van der Waals surface area contributed by atoms with E-state index in [-0.39, 0.29) is 11.7 Å². The van der Waals surface area contributed by atoms with Gasteiger partial charge in [0.25, 0.3) is 0 Å². The second-order valence-electron chi connectivity index (χ2n) is 4.56. The molecule has 0 bridgehead atoms. The predicted molar refractivity (Wildman–Crippen MR) is 61.7 cm³/mol. The van der Waals surface area contributed by atoms with Gasteiger partial charge < -0.3 is 10.4 Å². The average Bonchev–Trinajstić information content (AvgIpc) is 2.33. The second-order valence-corrected chi connectivity index (χ2v) is 4.56. The molecule has 0 spiro atoms. The number of nitrogens with one attached hydrogen (secondary N) is 1. The normalized spacial score (nSPS) is 23.1. The number of benzene rings is 1. The minimum absolute atomic E-state index is 0.210. The van der Waals surface area contributed by atoms with E-state index in [0.29, 0.717) is 5.56 Å². The van der Waals surface area contributed by atoms with Crippen molar-refractivity contribution in [1.82, 2.24) is 5.32 Å². The zero-order valence-electron chi connectivity index (χ0n) is 9.54. The van der Waals surface area contributed by atoms with Gasteiger partial charge in [0.15, 0.2) is 0 Å². The molecule has 0 aromatic heterocycles. The summed E-state index contributed by atoms with van der Waals surface area (Å²) in [4.78, 5) is 0. The Labute approximate surface area is 95.5 Å². The van der Waals surface area contributed by atoms with Crippen molar-refractivity contribution >= 4 is 0 Å². The molecule has 0 amide bonds. The molecule has 1 heterocycles. The van der Waals surface area contributed by atoms with Gasteiger partial charge in [0.05, 0.1) is 6.10 Å². The molecule has 2 unspecified atom stereocenters. The van der Waals surface area contributed by atoms with Gasteiger partial charge in [-0.15, -0.1) is 0 Å². The molecular weight excluding hydrogens is 205 g/mol. The van der Waals surface area contributed by atoms with Crippen molar-refractivity contribution in [2.45, 2.75) is 25.9 Å². The maximum atomic E-state index is 13.1. The zero-order valence-corrected chi connectivity index (χ0v) is 9.54. The van der Waals surface area contributed by atoms with Crippen LogP contribution in [0.2, 0.25) is 0 Å². The van der Waals surface area contributed by atoms with E-state index < -0.39 is 6.10 Å². The molecule has 1 saturated heterocycles. The van der Waals surface area contributed by atoms with Gasteiger partial charge >= 0.3 is 0 Å². The number of halogens is 1. The van der Waals surface area contributed by atoms with Crippen LogP contribution in [0.25, 0.3) is 0 Å². The standard InChI is InChI=1S/C13H18FNO/c1-9-7-10(4-5-12(9)14)13(16)11-3-2-6-15-8-11/h4-5,7,11,13,15-16H,2-3,6,8H2,1H3. The topological polar surface area (TPSA) is 32.3 Å². The predicted octanol–water partition coefficient (Wildman–Crippen LogP) is 2.17. The van der Waals surface area contributed by atoms with Crippen molar-refractivity contribution in [1.29, 1.82) is 0 Å². The van der Waals surface area contributed by atoms with Gasteiger partial charge in [-0.05, 0) is 43.5 Å². The number of hydrogen-bond acceptors (Lipinski definition) is 2. The molecule has 2 atom stereocenters. The van der Waals surface area contributed by atoms with Gasteiger partial charge in [0.2, 0.25) is 0 Å². The Kier molecular flexibility index (Phi) is 3.56. The molecule has 1 aliphatic rings. The average molecular weight is 223 g/mol. The fourth-order valence-electron chi connectivity index (χ4n) is 2.27. The molecule has 2 nitrogen and oxygen atoms in total. The molecule has 1 aliphatic heterocycles. The highest BCUT2D eigenvalue weighted by Crippen LogP contribution is 2.27. The monoisotopic (exact) mass is 223 g/mol. The Hall–Kier alpha value is -0.930. The fourth-order valence-corrected chi connectivity index (χ4v) is 2.27. The number of aliphatic hydroxyl groups is 1. The van der Waals surface area contributed by atoms with Crippen molar-refractivity contribution in [3.8, 4) is 0 Å². The van der Waals surface area contributed by atoms with Crippen LogP contribution in [0.3, 0.4) is 0 Å². The van der Waals surface area contributed by atoms with E-state index in [9.17, 15) is 9.50 Å². The Morgan fingerprint density at radius 1 is 1.50 bits per heavy atom. The van der Waals surface area contributed by atoms with Gasteiger partial charge in [0.1, 0.15) is 5.82 Å². The zero-order chi connectivity index (χ0) is 11.5. The maximum absolute atomic E-state index is 13.1. The third kappa shape index (κ3) is 2.42. The first-order valence-electron chi connectivity index (χ1n) is 5.83. The van der Waals surface area contributed by atoms with E-state index in [2.05, 4.69) is 5.32 Å². The largest absolute Gasteiger partial charge is 0.388 e. The molecule has 2 rings (SSSR count). The van der Waals surface area contributed by atoms with Crippen LogP contribution < -0.4 is 5.32 Å². The molecule has 1 aromatic carbocycles. The first-order valence-corrected chi connectivity index (χ1v) is 5.83. The van der Waals surface area contributed by atoms with Gasteiger partial charge in [0, 0.05) is 12.5 Å². The highest BCUT2D eigenvalue weighted by atomic mass is 19.1. The van der Waals surface area contributed by atoms with E-state index >= 15 is 0 Å². The van der Waals surface area contributed by atoms with Crippen LogP contribution in [-0.4, -0.2) is 18.2 Å². The van der Waals surface area contributed by atoms with Gasteiger partial charge in [-0.3, -0.25) is 0 Å². The SMILES string of the molecule is Cc1cc(C(O)C2CCCNC2)ccc1F. The smallest absolute Gasteiger partial charge is 0.126 e. The van der Waals surface area contributed by atoms with Crippen LogP contribution >= 0.6 is 0 Å². The third-order valence-electron chi connectivity index (χ3n) is 3.31. The summed E-state index contributed by atoms with van der Waals surface area (Å²) >= 11 is 0. The third-order valence-corrected chi connectivity index (χ3v) is 3.31. The molecule has 1 fully saturated rings. The Bertz CT molecular complexity index is 361. The summed E-state index contributed by atoms with van der Waals surface area (Å²) in [7, 11) is 0. The van der Waals surface area contributed by atoms with Crippen molar-refractivity contribution < 1.29 is 9.50 Å². The summed E-state index contributed by atoms with van der Waals surface area (Å²) in [6, 6.07) is 4.86. The number of rotatable bonds is 2. The summed E-state index contributed by atoms with van der Waals surface area (Å²) < 4.78 is 13.1. The number of hydrogen-bond donors (Lipinski definition) is 2. The van der Waals surface area contributed by atoms with Crippen molar-refractivity contribution in [2.75, 3.05) is 13.1 Å². The number of aliphatic hydroxyl groups excluding tert-OH is 1. The molecule has 0 aliphatic carbocycles. The highest BCUT2D eigenvalue weighted by molar-refractivity contribution is 5.26. The van der Waals surface area contributed by atoms with Gasteiger partial charge in [-0.1, -0.05) is 12.1 Å². The summed E-state index contributed by atoms with van der Waals surface area (Å²) in [5.41, 5.74) is 1.42. The van der Waals surface area contributed by atoms with Crippen LogP contribution in [-0.2, 0) is 0 Å². The summed E-state index contributed by atoms with van der Waals surface area (Å²) in [5.74, 6) is 0.0383. The Balaban J connectivity index is 2.12. The van der Waals surface area contributed by atoms with E-state index in [1.54, 1.807) is 19.1 Å². The van der Waals surface area contributed by atoms with Crippen LogP contribution in [0.15, 0.2) is 18.2 Å². The van der Waals surface area contributed by atoms with E-state index in [0.717, 1.165) is 31.5 Å². The summed E-state index contributed by atoms with van der Waals surface area (Å²) in [5, 5.41) is 13.5. The lowest BCUT2D eigenvalue weighted by molar-refractivity contribution is 0.0920. The van der Waals surface area contributed by atoms with Gasteiger partial charge in [-0.25, -0.2) is 4.39 Å². The minimum atomic E-state index is -0.480. The maximum Gasteiger partial charge on any atom is 0.126 e. The van der Waals surface area contributed by atoms with Crippen LogP contribution in [0.1, 0.15) is 30.1 Å².